The van der Waals surface area contributed by atoms with Crippen molar-refractivity contribution >= 4 is 11.8 Å². The van der Waals surface area contributed by atoms with Gasteiger partial charge in [-0.1, -0.05) is 13.8 Å². The lowest BCUT2D eigenvalue weighted by Crippen LogP contribution is -2.37. The van der Waals surface area contributed by atoms with Crippen LogP contribution in [0.2, 0.25) is 0 Å². The van der Waals surface area contributed by atoms with Gasteiger partial charge in [0.2, 0.25) is 0 Å². The van der Waals surface area contributed by atoms with Crippen LogP contribution in [-0.4, -0.2) is 30.6 Å². The van der Waals surface area contributed by atoms with Crippen LogP contribution < -0.4 is 11.1 Å². The Bertz CT molecular complexity index is 152. The Hall–Kier alpha value is 0.270. The first-order valence-corrected chi connectivity index (χ1v) is 6.94. The summed E-state index contributed by atoms with van der Waals surface area (Å²) >= 11 is 2.01. The minimum absolute atomic E-state index is 0.543. The van der Waals surface area contributed by atoms with Crippen molar-refractivity contribution in [2.75, 3.05) is 24.6 Å². The van der Waals surface area contributed by atoms with E-state index in [-0.39, 0.29) is 0 Å². The quantitative estimate of drug-likeness (QED) is 0.607. The summed E-state index contributed by atoms with van der Waals surface area (Å²) in [7, 11) is 0. The van der Waals surface area contributed by atoms with E-state index in [1.807, 2.05) is 11.8 Å². The van der Waals surface area contributed by atoms with E-state index in [9.17, 15) is 0 Å². The molecular weight excluding hydrogens is 192 g/mol. The summed E-state index contributed by atoms with van der Waals surface area (Å²) in [5.41, 5.74) is 5.72. The normalized spacial score (nSPS) is 27.6. The van der Waals surface area contributed by atoms with Crippen molar-refractivity contribution in [3.63, 3.8) is 0 Å². The molecule has 14 heavy (non-hydrogen) atoms. The van der Waals surface area contributed by atoms with Gasteiger partial charge in [-0.3, -0.25) is 0 Å². The van der Waals surface area contributed by atoms with Gasteiger partial charge in [0.15, 0.2) is 0 Å². The van der Waals surface area contributed by atoms with E-state index in [1.165, 1.54) is 30.9 Å². The first-order chi connectivity index (χ1) is 6.77. The third-order valence-corrected chi connectivity index (χ3v) is 3.98. The predicted octanol–water partition coefficient (Wildman–Crippen LogP) is 1.70. The fourth-order valence-electron chi connectivity index (χ4n) is 1.67. The number of hydrogen-bond donors (Lipinski definition) is 2. The van der Waals surface area contributed by atoms with E-state index in [0.29, 0.717) is 6.04 Å². The molecule has 0 radical (unpaired) electrons. The van der Waals surface area contributed by atoms with Gasteiger partial charge in [-0.05, 0) is 42.7 Å². The molecule has 0 aliphatic heterocycles. The fraction of sp³-hybridized carbons (Fsp3) is 1.00. The Morgan fingerprint density at radius 2 is 2.29 bits per heavy atom. The molecule has 0 heterocycles. The molecule has 3 unspecified atom stereocenters. The molecule has 1 rings (SSSR count). The monoisotopic (exact) mass is 216 g/mol. The van der Waals surface area contributed by atoms with Gasteiger partial charge >= 0.3 is 0 Å². The largest absolute Gasteiger partial charge is 0.329 e. The Morgan fingerprint density at radius 3 is 2.79 bits per heavy atom. The maximum Gasteiger partial charge on any atom is 0.0198 e. The highest BCUT2D eigenvalue weighted by atomic mass is 32.2. The molecule has 1 fully saturated rings. The van der Waals surface area contributed by atoms with Gasteiger partial charge in [-0.2, -0.15) is 11.8 Å². The Labute approximate surface area is 92.4 Å². The van der Waals surface area contributed by atoms with Crippen molar-refractivity contribution in [2.24, 2.45) is 17.6 Å². The molecule has 2 nitrogen and oxygen atoms in total. The maximum absolute atomic E-state index is 5.72. The van der Waals surface area contributed by atoms with Gasteiger partial charge in [0.25, 0.3) is 0 Å². The van der Waals surface area contributed by atoms with Gasteiger partial charge < -0.3 is 11.1 Å². The van der Waals surface area contributed by atoms with Crippen molar-refractivity contribution < 1.29 is 0 Å². The third kappa shape index (κ3) is 4.67. The summed E-state index contributed by atoms with van der Waals surface area (Å²) in [6, 6.07) is 0.543. The number of nitrogens with one attached hydrogen (secondary N) is 1. The zero-order valence-corrected chi connectivity index (χ0v) is 10.3. The Kier molecular flexibility index (Phi) is 5.90. The van der Waals surface area contributed by atoms with Crippen LogP contribution >= 0.6 is 11.8 Å². The number of hydrogen-bond acceptors (Lipinski definition) is 3. The molecule has 0 spiro atoms. The highest BCUT2D eigenvalue weighted by Crippen LogP contribution is 2.36. The zero-order chi connectivity index (χ0) is 10.4. The molecule has 3 heteroatoms. The lowest BCUT2D eigenvalue weighted by atomic mass is 10.2. The lowest BCUT2D eigenvalue weighted by molar-refractivity contribution is 0.486. The summed E-state index contributed by atoms with van der Waals surface area (Å²) in [5, 5.41) is 3.58. The molecule has 1 aliphatic rings. The van der Waals surface area contributed by atoms with E-state index in [2.05, 4.69) is 19.2 Å². The molecule has 1 saturated carbocycles. The summed E-state index contributed by atoms with van der Waals surface area (Å²) in [6.07, 6.45) is 2.63. The molecular formula is C11H24N2S. The average molecular weight is 216 g/mol. The molecule has 0 aromatic heterocycles. The van der Waals surface area contributed by atoms with E-state index < -0.39 is 0 Å². The van der Waals surface area contributed by atoms with Crippen LogP contribution in [0, 0.1) is 11.8 Å². The fourth-order valence-corrected chi connectivity index (χ4v) is 2.41. The van der Waals surface area contributed by atoms with Crippen LogP contribution in [0.3, 0.4) is 0 Å². The first-order valence-electron chi connectivity index (χ1n) is 5.79. The minimum Gasteiger partial charge on any atom is -0.329 e. The van der Waals surface area contributed by atoms with Crippen LogP contribution in [-0.2, 0) is 0 Å². The highest BCUT2D eigenvalue weighted by molar-refractivity contribution is 7.99. The maximum atomic E-state index is 5.72. The Morgan fingerprint density at radius 1 is 1.57 bits per heavy atom. The SMILES string of the molecule is CCSCCC(CN)NCC1CC1C. The molecule has 1 aliphatic carbocycles. The van der Waals surface area contributed by atoms with Gasteiger partial charge in [-0.15, -0.1) is 0 Å². The molecule has 0 saturated heterocycles. The summed E-state index contributed by atoms with van der Waals surface area (Å²) < 4.78 is 0. The van der Waals surface area contributed by atoms with Crippen LogP contribution in [0.15, 0.2) is 0 Å². The molecule has 0 bridgehead atoms. The van der Waals surface area contributed by atoms with Gasteiger partial charge in [-0.25, -0.2) is 0 Å². The zero-order valence-electron chi connectivity index (χ0n) is 9.46. The average Bonchev–Trinajstić information content (AvgIpc) is 2.88. The van der Waals surface area contributed by atoms with Crippen molar-refractivity contribution in [3.05, 3.63) is 0 Å². The van der Waals surface area contributed by atoms with Crippen molar-refractivity contribution in [2.45, 2.75) is 32.7 Å². The number of rotatable bonds is 8. The van der Waals surface area contributed by atoms with Crippen LogP contribution in [0.4, 0.5) is 0 Å². The third-order valence-electron chi connectivity index (χ3n) is 3.04. The topological polar surface area (TPSA) is 38.0 Å². The second-order valence-corrected chi connectivity index (χ2v) is 5.69. The van der Waals surface area contributed by atoms with Crippen LogP contribution in [0.25, 0.3) is 0 Å². The minimum atomic E-state index is 0.543. The lowest BCUT2D eigenvalue weighted by Gasteiger charge is -2.16. The van der Waals surface area contributed by atoms with Gasteiger partial charge in [0.1, 0.15) is 0 Å². The summed E-state index contributed by atoms with van der Waals surface area (Å²) in [4.78, 5) is 0. The summed E-state index contributed by atoms with van der Waals surface area (Å²) in [5.74, 6) is 4.34. The first kappa shape index (κ1) is 12.3. The van der Waals surface area contributed by atoms with Crippen LogP contribution in [0.5, 0.6) is 0 Å². The smallest absolute Gasteiger partial charge is 0.0198 e. The van der Waals surface area contributed by atoms with Gasteiger partial charge in [0.05, 0.1) is 0 Å². The Balaban J connectivity index is 1.99. The molecule has 3 atom stereocenters. The number of thioether (sulfide) groups is 1. The predicted molar refractivity (Wildman–Crippen MR) is 65.7 cm³/mol. The number of nitrogens with two attached hydrogens (primary N) is 1. The van der Waals surface area contributed by atoms with Crippen LogP contribution in [0.1, 0.15) is 26.7 Å². The van der Waals surface area contributed by atoms with E-state index in [1.54, 1.807) is 0 Å². The summed E-state index contributed by atoms with van der Waals surface area (Å²) in [6.45, 7) is 6.50. The van der Waals surface area contributed by atoms with E-state index in [4.69, 9.17) is 5.73 Å². The molecule has 84 valence electrons. The standard InChI is InChI=1S/C11H24N2S/c1-3-14-5-4-11(7-12)13-8-10-6-9(10)2/h9-11,13H,3-8,12H2,1-2H3. The van der Waals surface area contributed by atoms with Crippen molar-refractivity contribution in [1.29, 1.82) is 0 Å². The van der Waals surface area contributed by atoms with E-state index in [0.717, 1.165) is 18.4 Å². The molecule has 0 amide bonds. The molecule has 3 N–H and O–H groups in total. The van der Waals surface area contributed by atoms with E-state index >= 15 is 0 Å². The van der Waals surface area contributed by atoms with Crippen molar-refractivity contribution in [1.82, 2.24) is 5.32 Å². The molecule has 0 aromatic carbocycles. The van der Waals surface area contributed by atoms with Crippen molar-refractivity contribution in [3.8, 4) is 0 Å². The van der Waals surface area contributed by atoms with Gasteiger partial charge in [0, 0.05) is 12.6 Å². The highest BCUT2D eigenvalue weighted by Gasteiger charge is 2.32. The second kappa shape index (κ2) is 6.70. The second-order valence-electron chi connectivity index (χ2n) is 4.30. The molecule has 0 aromatic rings.